The van der Waals surface area contributed by atoms with E-state index in [0.717, 1.165) is 33.5 Å². The zero-order chi connectivity index (χ0) is 34.0. The van der Waals surface area contributed by atoms with Crippen LogP contribution in [0.1, 0.15) is 37.3 Å². The summed E-state index contributed by atoms with van der Waals surface area (Å²) < 4.78 is 31.7. The van der Waals surface area contributed by atoms with Gasteiger partial charge < -0.3 is 14.7 Å². The molecule has 12 heteroatoms. The number of hydrogen-bond acceptors (Lipinski definition) is 8. The van der Waals surface area contributed by atoms with E-state index in [-0.39, 0.29) is 42.8 Å². The second-order valence-electron chi connectivity index (χ2n) is 12.4. The van der Waals surface area contributed by atoms with Crippen LogP contribution in [0.3, 0.4) is 0 Å². The molecule has 0 saturated carbocycles. The number of nitrogens with zero attached hydrogens (tertiary/aromatic N) is 6. The number of para-hydroxylation sites is 1. The van der Waals surface area contributed by atoms with Crippen molar-refractivity contribution in [3.05, 3.63) is 89.4 Å². The van der Waals surface area contributed by atoms with Gasteiger partial charge in [0.2, 0.25) is 11.8 Å². The number of rotatable bonds is 11. The molecule has 3 atom stereocenters. The lowest BCUT2D eigenvalue weighted by atomic mass is 9.96. The number of unbranched alkanes of at least 4 members (excludes halogenated alkanes) is 1. The molecule has 1 unspecified atom stereocenters. The summed E-state index contributed by atoms with van der Waals surface area (Å²) >= 11 is 1.52. The SMILES string of the molecule is C#CCN1C(Cc2ccc(N(C)C)cc2)C(=O)N2[C@@H](CCCC)C(=O)N(Cc3cccc4scnc34)C[C@@H]2N1S(=O)(=O)c1ccccc1. The number of piperazine rings is 1. The predicted molar refractivity (Wildman–Crippen MR) is 188 cm³/mol. The lowest BCUT2D eigenvalue weighted by Crippen LogP contribution is -2.78. The molecule has 2 saturated heterocycles. The molecule has 2 aliphatic heterocycles. The van der Waals surface area contributed by atoms with Crippen LogP contribution in [0.25, 0.3) is 10.2 Å². The molecule has 10 nitrogen and oxygen atoms in total. The molecule has 6 rings (SSSR count). The van der Waals surface area contributed by atoms with Crippen LogP contribution in [-0.4, -0.2) is 89.9 Å². The van der Waals surface area contributed by atoms with Crippen LogP contribution in [0.15, 0.2) is 83.2 Å². The van der Waals surface area contributed by atoms with Crippen LogP contribution in [0.5, 0.6) is 0 Å². The van der Waals surface area contributed by atoms with Gasteiger partial charge in [0.1, 0.15) is 18.2 Å². The van der Waals surface area contributed by atoms with Crippen molar-refractivity contribution in [1.82, 2.24) is 24.2 Å². The maximum absolute atomic E-state index is 14.8. The third kappa shape index (κ3) is 6.31. The van der Waals surface area contributed by atoms with Crippen LogP contribution in [0.4, 0.5) is 5.69 Å². The average Bonchev–Trinajstić information content (AvgIpc) is 3.57. The summed E-state index contributed by atoms with van der Waals surface area (Å²) in [6.45, 7) is 2.13. The van der Waals surface area contributed by atoms with Crippen molar-refractivity contribution < 1.29 is 18.0 Å². The standard InChI is InChI=1S/C36H40N6O4S2/c1-5-7-15-30-35(43)39(23-27-12-11-16-32-34(27)37-25-47-32)24-33-41(30)36(44)31(22-26-17-19-28(20-18-26)38(3)4)40(21-6-2)42(33)48(45,46)29-13-9-8-10-14-29/h2,8-14,16-20,25,30-31,33H,5,7,15,21-24H2,1,3-4H3/t30-,31?,33-/m0/s1. The number of fused-ring (bicyclic) bond motifs is 2. The first-order valence-electron chi connectivity index (χ1n) is 16.1. The van der Waals surface area contributed by atoms with Crippen molar-refractivity contribution in [2.24, 2.45) is 0 Å². The van der Waals surface area contributed by atoms with E-state index in [1.807, 2.05) is 68.4 Å². The Morgan fingerprint density at radius 1 is 0.979 bits per heavy atom. The number of benzene rings is 3. The molecule has 0 N–H and O–H groups in total. The van der Waals surface area contributed by atoms with Crippen molar-refractivity contribution in [3.8, 4) is 12.3 Å². The second kappa shape index (κ2) is 14.1. The van der Waals surface area contributed by atoms with Gasteiger partial charge in [0, 0.05) is 26.3 Å². The van der Waals surface area contributed by atoms with Gasteiger partial charge in [0.05, 0.1) is 33.7 Å². The Balaban J connectivity index is 1.47. The summed E-state index contributed by atoms with van der Waals surface area (Å²) in [6, 6.07) is 20.1. The quantitative estimate of drug-likeness (QED) is 0.214. The Labute approximate surface area is 286 Å². The highest BCUT2D eigenvalue weighted by Gasteiger charge is 2.56. The molecule has 4 aromatic rings. The zero-order valence-electron chi connectivity index (χ0n) is 27.4. The molecular weight excluding hydrogens is 645 g/mol. The number of anilines is 1. The molecule has 48 heavy (non-hydrogen) atoms. The number of amides is 2. The van der Waals surface area contributed by atoms with E-state index in [1.165, 1.54) is 20.8 Å². The van der Waals surface area contributed by atoms with Crippen molar-refractivity contribution in [1.29, 1.82) is 0 Å². The smallest absolute Gasteiger partial charge is 0.258 e. The second-order valence-corrected chi connectivity index (χ2v) is 15.1. The highest BCUT2D eigenvalue weighted by atomic mass is 32.2. The lowest BCUT2D eigenvalue weighted by Gasteiger charge is -2.56. The van der Waals surface area contributed by atoms with E-state index in [0.29, 0.717) is 12.8 Å². The summed E-state index contributed by atoms with van der Waals surface area (Å²) in [5.74, 6) is 2.12. The molecule has 2 fully saturated rings. The van der Waals surface area contributed by atoms with Gasteiger partial charge in [-0.15, -0.1) is 22.2 Å². The molecule has 1 aromatic heterocycles. The Bertz CT molecular complexity index is 1920. The number of sulfonamides is 1. The minimum absolute atomic E-state index is 0.0227. The molecule has 3 heterocycles. The molecule has 3 aromatic carbocycles. The van der Waals surface area contributed by atoms with Gasteiger partial charge >= 0.3 is 0 Å². The average molecular weight is 685 g/mol. The summed E-state index contributed by atoms with van der Waals surface area (Å²) in [4.78, 5) is 39.0. The number of hydrazine groups is 1. The minimum atomic E-state index is -4.24. The highest BCUT2D eigenvalue weighted by Crippen LogP contribution is 2.37. The minimum Gasteiger partial charge on any atom is -0.378 e. The Morgan fingerprint density at radius 3 is 2.42 bits per heavy atom. The predicted octanol–water partition coefficient (Wildman–Crippen LogP) is 4.58. The lowest BCUT2D eigenvalue weighted by molar-refractivity contribution is -0.193. The number of terminal acetylenes is 1. The van der Waals surface area contributed by atoms with Crippen LogP contribution in [0.2, 0.25) is 0 Å². The van der Waals surface area contributed by atoms with E-state index in [1.54, 1.807) is 45.6 Å². The maximum Gasteiger partial charge on any atom is 0.258 e. The van der Waals surface area contributed by atoms with E-state index < -0.39 is 28.3 Å². The zero-order valence-corrected chi connectivity index (χ0v) is 29.0. The van der Waals surface area contributed by atoms with Crippen molar-refractivity contribution in [3.63, 3.8) is 0 Å². The van der Waals surface area contributed by atoms with Gasteiger partial charge in [0.25, 0.3) is 10.0 Å². The summed E-state index contributed by atoms with van der Waals surface area (Å²) in [7, 11) is -0.340. The van der Waals surface area contributed by atoms with Crippen LogP contribution >= 0.6 is 11.3 Å². The molecule has 0 aliphatic carbocycles. The Hall–Kier alpha value is -4.28. The number of thiazole rings is 1. The highest BCUT2D eigenvalue weighted by molar-refractivity contribution is 7.89. The van der Waals surface area contributed by atoms with Gasteiger partial charge in [-0.1, -0.05) is 68.2 Å². The largest absolute Gasteiger partial charge is 0.378 e. The monoisotopic (exact) mass is 684 g/mol. The Morgan fingerprint density at radius 2 is 1.73 bits per heavy atom. The molecule has 0 radical (unpaired) electrons. The van der Waals surface area contributed by atoms with E-state index in [4.69, 9.17) is 6.42 Å². The van der Waals surface area contributed by atoms with Gasteiger partial charge in [-0.3, -0.25) is 9.59 Å². The molecule has 0 spiro atoms. The normalized spacial score (nSPS) is 20.6. The fourth-order valence-electron chi connectivity index (χ4n) is 6.70. The van der Waals surface area contributed by atoms with Crippen molar-refractivity contribution >= 4 is 49.1 Å². The first-order valence-corrected chi connectivity index (χ1v) is 18.5. The third-order valence-electron chi connectivity index (χ3n) is 9.10. The number of aromatic nitrogens is 1. The van der Waals surface area contributed by atoms with Crippen LogP contribution in [0, 0.1) is 12.3 Å². The first-order chi connectivity index (χ1) is 23.1. The van der Waals surface area contributed by atoms with Crippen molar-refractivity contribution in [2.75, 3.05) is 32.1 Å². The summed E-state index contributed by atoms with van der Waals surface area (Å²) in [6.07, 6.45) is 7.02. The van der Waals surface area contributed by atoms with E-state index in [2.05, 4.69) is 10.9 Å². The van der Waals surface area contributed by atoms with Gasteiger partial charge in [0.15, 0.2) is 0 Å². The third-order valence-corrected chi connectivity index (χ3v) is 11.7. The van der Waals surface area contributed by atoms with Gasteiger partial charge in [-0.2, -0.15) is 0 Å². The fraction of sp³-hybridized carbons (Fsp3) is 0.361. The molecule has 2 aliphatic rings. The molecular formula is C36H40N6O4S2. The van der Waals surface area contributed by atoms with Crippen LogP contribution < -0.4 is 4.90 Å². The van der Waals surface area contributed by atoms with Gasteiger partial charge in [-0.25, -0.2) is 18.4 Å². The molecule has 2 amide bonds. The van der Waals surface area contributed by atoms with Crippen molar-refractivity contribution in [2.45, 2.75) is 62.3 Å². The summed E-state index contributed by atoms with van der Waals surface area (Å²) in [5, 5.41) is 1.53. The van der Waals surface area contributed by atoms with E-state index in [9.17, 15) is 18.0 Å². The fourth-order valence-corrected chi connectivity index (χ4v) is 9.07. The topological polar surface area (TPSA) is 97.4 Å². The number of hydrogen-bond donors (Lipinski definition) is 0. The number of carbonyl (C=O) groups excluding carboxylic acids is 2. The van der Waals surface area contributed by atoms with Gasteiger partial charge in [-0.05, 0) is 54.3 Å². The molecule has 250 valence electrons. The number of carbonyl (C=O) groups is 2. The van der Waals surface area contributed by atoms with E-state index >= 15 is 0 Å². The van der Waals surface area contributed by atoms with Crippen LogP contribution in [-0.2, 0) is 32.6 Å². The maximum atomic E-state index is 14.8. The first kappa shape index (κ1) is 33.6. The Kier molecular flexibility index (Phi) is 9.85. The summed E-state index contributed by atoms with van der Waals surface area (Å²) in [5.41, 5.74) is 5.30. The molecule has 0 bridgehead atoms.